The zero-order valence-electron chi connectivity index (χ0n) is 6.94. The molecular weight excluding hydrogens is 166 g/mol. The van der Waals surface area contributed by atoms with Crippen LogP contribution in [0, 0.1) is 11.3 Å². The number of nitrogens with two attached hydrogens (primary N) is 1. The minimum absolute atomic E-state index is 0.0425. The van der Waals surface area contributed by atoms with Crippen molar-refractivity contribution >= 4 is 11.9 Å². The van der Waals surface area contributed by atoms with E-state index in [1.54, 1.807) is 12.2 Å². The van der Waals surface area contributed by atoms with E-state index in [-0.39, 0.29) is 11.6 Å². The molecule has 0 aliphatic heterocycles. The number of hydrogen-bond acceptors (Lipinski definition) is 4. The zero-order chi connectivity index (χ0) is 9.68. The largest absolute Gasteiger partial charge is 0.504 e. The van der Waals surface area contributed by atoms with Gasteiger partial charge in [-0.15, -0.1) is 0 Å². The predicted octanol–water partition coefficient (Wildman–Crippen LogP) is 1.30. The third kappa shape index (κ3) is 2.49. The van der Waals surface area contributed by atoms with Crippen LogP contribution in [0.3, 0.4) is 0 Å². The maximum atomic E-state index is 9.17. The minimum atomic E-state index is -0.0425. The van der Waals surface area contributed by atoms with Gasteiger partial charge >= 0.3 is 0 Å². The summed E-state index contributed by atoms with van der Waals surface area (Å²) in [5.41, 5.74) is 6.03. The van der Waals surface area contributed by atoms with Crippen molar-refractivity contribution in [1.82, 2.24) is 4.98 Å². The van der Waals surface area contributed by atoms with E-state index in [9.17, 15) is 5.11 Å². The second-order valence-corrected chi connectivity index (χ2v) is 2.44. The van der Waals surface area contributed by atoms with Crippen LogP contribution in [0.25, 0.3) is 6.08 Å². The summed E-state index contributed by atoms with van der Waals surface area (Å²) in [5, 5.41) is 17.4. The van der Waals surface area contributed by atoms with Gasteiger partial charge in [-0.3, -0.25) is 0 Å². The predicted molar refractivity (Wildman–Crippen MR) is 49.6 cm³/mol. The Morgan fingerprint density at radius 2 is 2.46 bits per heavy atom. The third-order valence-electron chi connectivity index (χ3n) is 1.44. The monoisotopic (exact) mass is 175 g/mol. The van der Waals surface area contributed by atoms with Crippen LogP contribution in [0.4, 0.5) is 5.82 Å². The van der Waals surface area contributed by atoms with E-state index >= 15 is 0 Å². The van der Waals surface area contributed by atoms with Crippen LogP contribution in [0.5, 0.6) is 5.75 Å². The molecule has 0 fully saturated rings. The molecule has 1 heterocycles. The molecule has 0 atom stereocenters. The summed E-state index contributed by atoms with van der Waals surface area (Å²) in [6.07, 6.45) is 5.26. The molecule has 4 heteroatoms. The van der Waals surface area contributed by atoms with Crippen LogP contribution >= 0.6 is 0 Å². The number of nitrogens with zero attached hydrogens (tertiary/aromatic N) is 2. The summed E-state index contributed by atoms with van der Waals surface area (Å²) in [6, 6.07) is 3.47. The Morgan fingerprint density at radius 1 is 1.69 bits per heavy atom. The normalized spacial score (nSPS) is 10.1. The van der Waals surface area contributed by atoms with Crippen LogP contribution in [-0.4, -0.2) is 10.1 Å². The molecular formula is C9H9N3O. The van der Waals surface area contributed by atoms with Gasteiger partial charge in [0.2, 0.25) is 0 Å². The fraction of sp³-hybridized carbons (Fsp3) is 0.111. The Balaban J connectivity index is 2.81. The SMILES string of the molecule is N#CCC=Cc1cnc(N)c(O)c1. The van der Waals surface area contributed by atoms with Gasteiger partial charge in [-0.1, -0.05) is 12.2 Å². The highest BCUT2D eigenvalue weighted by Crippen LogP contribution is 2.18. The van der Waals surface area contributed by atoms with Crippen molar-refractivity contribution in [3.8, 4) is 11.8 Å². The van der Waals surface area contributed by atoms with Gasteiger partial charge in [0.05, 0.1) is 12.5 Å². The number of nitrogen functional groups attached to an aromatic ring is 1. The summed E-state index contributed by atoms with van der Waals surface area (Å²) < 4.78 is 0. The topological polar surface area (TPSA) is 82.9 Å². The van der Waals surface area contributed by atoms with Crippen molar-refractivity contribution in [2.24, 2.45) is 0 Å². The second-order valence-electron chi connectivity index (χ2n) is 2.44. The van der Waals surface area contributed by atoms with Crippen molar-refractivity contribution < 1.29 is 5.11 Å². The van der Waals surface area contributed by atoms with E-state index in [0.29, 0.717) is 6.42 Å². The number of nitriles is 1. The molecule has 0 spiro atoms. The van der Waals surface area contributed by atoms with Crippen LogP contribution < -0.4 is 5.73 Å². The number of anilines is 1. The molecule has 0 saturated carbocycles. The first-order chi connectivity index (χ1) is 6.24. The molecule has 1 aromatic heterocycles. The van der Waals surface area contributed by atoms with Crippen LogP contribution in [0.2, 0.25) is 0 Å². The van der Waals surface area contributed by atoms with Crippen molar-refractivity contribution in [2.45, 2.75) is 6.42 Å². The molecule has 0 aromatic carbocycles. The van der Waals surface area contributed by atoms with Crippen molar-refractivity contribution in [2.75, 3.05) is 5.73 Å². The average molecular weight is 175 g/mol. The first-order valence-corrected chi connectivity index (χ1v) is 3.72. The molecule has 0 aliphatic rings. The molecule has 13 heavy (non-hydrogen) atoms. The smallest absolute Gasteiger partial charge is 0.165 e. The van der Waals surface area contributed by atoms with Crippen molar-refractivity contribution in [3.05, 3.63) is 23.9 Å². The second kappa shape index (κ2) is 4.12. The highest BCUT2D eigenvalue weighted by atomic mass is 16.3. The Morgan fingerprint density at radius 3 is 3.08 bits per heavy atom. The lowest BCUT2D eigenvalue weighted by molar-refractivity contribution is 0.475. The summed E-state index contributed by atoms with van der Waals surface area (Å²) >= 11 is 0. The third-order valence-corrected chi connectivity index (χ3v) is 1.44. The highest BCUT2D eigenvalue weighted by Gasteiger charge is 1.96. The lowest BCUT2D eigenvalue weighted by Gasteiger charge is -1.97. The van der Waals surface area contributed by atoms with Crippen molar-refractivity contribution in [3.63, 3.8) is 0 Å². The van der Waals surface area contributed by atoms with Crippen LogP contribution in [0.1, 0.15) is 12.0 Å². The lowest BCUT2D eigenvalue weighted by atomic mass is 10.2. The molecule has 0 aliphatic carbocycles. The summed E-state index contributed by atoms with van der Waals surface area (Å²) in [7, 11) is 0. The maximum Gasteiger partial charge on any atom is 0.165 e. The molecule has 3 N–H and O–H groups in total. The summed E-state index contributed by atoms with van der Waals surface area (Å²) in [5.74, 6) is 0.0662. The van der Waals surface area contributed by atoms with Crippen LogP contribution in [0.15, 0.2) is 18.3 Å². The first-order valence-electron chi connectivity index (χ1n) is 3.72. The molecule has 4 nitrogen and oxygen atoms in total. The number of rotatable bonds is 2. The lowest BCUT2D eigenvalue weighted by Crippen LogP contribution is -1.90. The quantitative estimate of drug-likeness (QED) is 0.709. The molecule has 1 rings (SSSR count). The Kier molecular flexibility index (Phi) is 2.87. The van der Waals surface area contributed by atoms with Crippen LogP contribution in [-0.2, 0) is 0 Å². The Hall–Kier alpha value is -2.02. The molecule has 1 aromatic rings. The molecule has 0 saturated heterocycles. The van der Waals surface area contributed by atoms with E-state index in [1.165, 1.54) is 12.3 Å². The molecule has 0 bridgehead atoms. The fourth-order valence-corrected chi connectivity index (χ4v) is 0.818. The molecule has 0 radical (unpaired) electrons. The molecule has 66 valence electrons. The van der Waals surface area contributed by atoms with E-state index in [0.717, 1.165) is 5.56 Å². The summed E-state index contributed by atoms with van der Waals surface area (Å²) in [6.45, 7) is 0. The fourth-order valence-electron chi connectivity index (χ4n) is 0.818. The first kappa shape index (κ1) is 9.07. The number of pyridine rings is 1. The van der Waals surface area contributed by atoms with E-state index in [4.69, 9.17) is 11.0 Å². The molecule has 0 amide bonds. The standard InChI is InChI=1S/C9H9N3O/c10-4-2-1-3-7-5-8(13)9(11)12-6-7/h1,3,5-6,13H,2H2,(H2,11,12). The number of allylic oxidation sites excluding steroid dienone is 1. The zero-order valence-corrected chi connectivity index (χ0v) is 6.94. The van der Waals surface area contributed by atoms with E-state index in [1.807, 2.05) is 6.07 Å². The Bertz CT molecular complexity index is 366. The van der Waals surface area contributed by atoms with Gasteiger partial charge in [0.15, 0.2) is 11.6 Å². The van der Waals surface area contributed by atoms with Gasteiger partial charge in [-0.05, 0) is 11.6 Å². The number of aromatic hydroxyl groups is 1. The van der Waals surface area contributed by atoms with Gasteiger partial charge in [0.25, 0.3) is 0 Å². The Labute approximate surface area is 75.9 Å². The van der Waals surface area contributed by atoms with Gasteiger partial charge < -0.3 is 10.8 Å². The number of aromatic nitrogens is 1. The van der Waals surface area contributed by atoms with Crippen molar-refractivity contribution in [1.29, 1.82) is 5.26 Å². The summed E-state index contributed by atoms with van der Waals surface area (Å²) in [4.78, 5) is 3.75. The molecule has 0 unspecified atom stereocenters. The van der Waals surface area contributed by atoms with E-state index in [2.05, 4.69) is 4.98 Å². The maximum absolute atomic E-state index is 9.17. The van der Waals surface area contributed by atoms with Gasteiger partial charge in [0, 0.05) is 6.20 Å². The van der Waals surface area contributed by atoms with Gasteiger partial charge in [0.1, 0.15) is 0 Å². The van der Waals surface area contributed by atoms with Gasteiger partial charge in [-0.25, -0.2) is 4.98 Å². The van der Waals surface area contributed by atoms with Gasteiger partial charge in [-0.2, -0.15) is 5.26 Å². The minimum Gasteiger partial charge on any atom is -0.504 e. The number of hydrogen-bond donors (Lipinski definition) is 2. The van der Waals surface area contributed by atoms with E-state index < -0.39 is 0 Å². The highest BCUT2D eigenvalue weighted by molar-refractivity contribution is 5.55. The average Bonchev–Trinajstić information content (AvgIpc) is 2.12.